The Morgan fingerprint density at radius 3 is 1.94 bits per heavy atom. The molecule has 1 aliphatic rings. The van der Waals surface area contributed by atoms with Gasteiger partial charge in [-0.2, -0.15) is 0 Å². The molecule has 0 spiro atoms. The van der Waals surface area contributed by atoms with Crippen LogP contribution in [-0.2, 0) is 47.5 Å². The molecule has 0 aliphatic carbocycles. The van der Waals surface area contributed by atoms with Crippen LogP contribution < -0.4 is 0 Å². The summed E-state index contributed by atoms with van der Waals surface area (Å²) in [7, 11) is -1.36. The number of hydrogen-bond donors (Lipinski definition) is 0. The van der Waals surface area contributed by atoms with Crippen LogP contribution in [0.25, 0.3) is 0 Å². The van der Waals surface area contributed by atoms with Crippen molar-refractivity contribution in [1.29, 1.82) is 0 Å². The lowest BCUT2D eigenvalue weighted by Gasteiger charge is -2.15. The van der Waals surface area contributed by atoms with Gasteiger partial charge in [0.1, 0.15) is 0 Å². The van der Waals surface area contributed by atoms with E-state index in [1.54, 1.807) is 0 Å². The van der Waals surface area contributed by atoms with Gasteiger partial charge in [0.15, 0.2) is 0 Å². The summed E-state index contributed by atoms with van der Waals surface area (Å²) in [5.41, 5.74) is 0. The second-order valence-electron chi connectivity index (χ2n) is 2.65. The van der Waals surface area contributed by atoms with Crippen LogP contribution in [0, 0.1) is 0 Å². The summed E-state index contributed by atoms with van der Waals surface area (Å²) in [6, 6.07) is 0. The molecule has 1 aliphatic heterocycles. The fourth-order valence-electron chi connectivity index (χ4n) is 0.754. The minimum atomic E-state index is -2.20. The second kappa shape index (κ2) is 5.08. The van der Waals surface area contributed by atoms with Crippen molar-refractivity contribution in [3.8, 4) is 0 Å². The number of methoxy groups -OCH3 is 1. The largest absolute Gasteiger partial charge is 0.871 e. The van der Waals surface area contributed by atoms with Gasteiger partial charge in [-0.15, -0.1) is 0 Å². The van der Waals surface area contributed by atoms with Gasteiger partial charge in [0.2, 0.25) is 0 Å². The number of ketones is 2. The summed E-state index contributed by atoms with van der Waals surface area (Å²) in [6.45, 7) is 0. The van der Waals surface area contributed by atoms with Gasteiger partial charge in [0.25, 0.3) is 0 Å². The Balaban J connectivity index is 2.64. The van der Waals surface area contributed by atoms with Crippen molar-refractivity contribution in [1.82, 2.24) is 0 Å². The van der Waals surface area contributed by atoms with Crippen molar-refractivity contribution < 1.29 is 47.5 Å². The number of ether oxygens (including phenoxy) is 1. The van der Waals surface area contributed by atoms with Crippen LogP contribution in [0.2, 0.25) is 0 Å². The van der Waals surface area contributed by atoms with Crippen LogP contribution in [0.4, 0.5) is 0 Å². The molecule has 0 bridgehead atoms. The fourth-order valence-corrected chi connectivity index (χ4v) is 0.754. The maximum atomic E-state index is 11.0. The molecule has 18 heavy (non-hydrogen) atoms. The van der Waals surface area contributed by atoms with Crippen LogP contribution in [0.3, 0.4) is 0 Å². The normalized spacial score (nSPS) is 14.5. The lowest BCUT2D eigenvalue weighted by Crippen LogP contribution is -2.47. The molecule has 1 saturated heterocycles. The predicted octanol–water partition coefficient (Wildman–Crippen LogP) is -3.07. The molecular weight excluding hydrogens is 255 g/mol. The van der Waals surface area contributed by atoms with Gasteiger partial charge in [-0.1, -0.05) is 0 Å². The van der Waals surface area contributed by atoms with Gasteiger partial charge in [-0.05, 0) is 0 Å². The van der Waals surface area contributed by atoms with Crippen LogP contribution in [0.1, 0.15) is 0 Å². The van der Waals surface area contributed by atoms with E-state index < -0.39 is 42.8 Å². The van der Waals surface area contributed by atoms with E-state index in [1.165, 1.54) is 0 Å². The fraction of sp³-hybridized carbons (Fsp3) is 0.143. The molecule has 10 nitrogen and oxygen atoms in total. The van der Waals surface area contributed by atoms with Crippen molar-refractivity contribution in [3.63, 3.8) is 0 Å². The zero-order chi connectivity index (χ0) is 13.9. The molecule has 0 unspecified atom stereocenters. The van der Waals surface area contributed by atoms with E-state index in [0.29, 0.717) is 0 Å². The lowest BCUT2D eigenvalue weighted by atomic mass is 10.1. The molecule has 0 aromatic rings. The number of carbonyl (C=O) groups excluding carboxylic acids is 6. The summed E-state index contributed by atoms with van der Waals surface area (Å²) in [5.74, 6) is -9.83. The average molecular weight is 258 g/mol. The van der Waals surface area contributed by atoms with Gasteiger partial charge >= 0.3 is 42.8 Å². The van der Waals surface area contributed by atoms with Crippen LogP contribution in [0.15, 0.2) is 0 Å². The van der Waals surface area contributed by atoms with Gasteiger partial charge in [0.05, 0.1) is 7.11 Å². The van der Waals surface area contributed by atoms with Gasteiger partial charge in [-0.25, -0.2) is 19.2 Å². The maximum Gasteiger partial charge on any atom is 0.871 e. The first-order valence-corrected chi connectivity index (χ1v) is 4.16. The number of carbonyl (C=O) groups is 6. The highest BCUT2D eigenvalue weighted by molar-refractivity contribution is 6.70. The molecule has 94 valence electrons. The second-order valence-corrected chi connectivity index (χ2v) is 2.65. The SMILES string of the molecule is COC(=O)C(=O)C(=O)OB1OC(=O)C(=O)C(=O)O1. The molecule has 1 heterocycles. The number of hydrogen-bond acceptors (Lipinski definition) is 10. The molecule has 1 rings (SSSR count). The van der Waals surface area contributed by atoms with E-state index in [-0.39, 0.29) is 0 Å². The quantitative estimate of drug-likeness (QED) is 0.221. The summed E-state index contributed by atoms with van der Waals surface area (Å²) < 4.78 is 16.0. The Labute approximate surface area is 98.3 Å². The zero-order valence-electron chi connectivity index (χ0n) is 8.66. The lowest BCUT2D eigenvalue weighted by molar-refractivity contribution is -0.168. The molecule has 0 radical (unpaired) electrons. The zero-order valence-corrected chi connectivity index (χ0v) is 8.66. The third kappa shape index (κ3) is 2.69. The Morgan fingerprint density at radius 1 is 1.00 bits per heavy atom. The van der Waals surface area contributed by atoms with Crippen LogP contribution in [0.5, 0.6) is 0 Å². The summed E-state index contributed by atoms with van der Waals surface area (Å²) in [4.78, 5) is 64.5. The van der Waals surface area contributed by atoms with Crippen molar-refractivity contribution in [2.45, 2.75) is 0 Å². The minimum Gasteiger partial charge on any atom is -0.463 e. The highest BCUT2D eigenvalue weighted by Crippen LogP contribution is 2.04. The van der Waals surface area contributed by atoms with Crippen LogP contribution >= 0.6 is 0 Å². The molecule has 11 heteroatoms. The van der Waals surface area contributed by atoms with Crippen molar-refractivity contribution >= 4 is 42.8 Å². The first-order valence-electron chi connectivity index (χ1n) is 4.16. The Kier molecular flexibility index (Phi) is 3.77. The molecule has 1 fully saturated rings. The van der Waals surface area contributed by atoms with E-state index in [9.17, 15) is 28.8 Å². The molecule has 0 N–H and O–H groups in total. The first-order chi connectivity index (χ1) is 8.36. The predicted molar refractivity (Wildman–Crippen MR) is 46.1 cm³/mol. The number of rotatable bonds is 3. The minimum absolute atomic E-state index is 0.840. The first kappa shape index (κ1) is 13.4. The summed E-state index contributed by atoms with van der Waals surface area (Å²) >= 11 is 0. The van der Waals surface area contributed by atoms with Crippen LogP contribution in [-0.4, -0.2) is 49.9 Å². The molecule has 0 saturated carbocycles. The van der Waals surface area contributed by atoms with Gasteiger partial charge < -0.3 is 18.7 Å². The molecular formula is C7H3BO10. The third-order valence-electron chi connectivity index (χ3n) is 1.54. The molecule has 0 atom stereocenters. The average Bonchev–Trinajstić information content (AvgIpc) is 2.33. The monoisotopic (exact) mass is 258 g/mol. The van der Waals surface area contributed by atoms with E-state index in [2.05, 4.69) is 18.7 Å². The Hall–Kier alpha value is -2.72. The highest BCUT2D eigenvalue weighted by Gasteiger charge is 2.48. The third-order valence-corrected chi connectivity index (χ3v) is 1.54. The van der Waals surface area contributed by atoms with Crippen molar-refractivity contribution in [2.75, 3.05) is 7.11 Å². The number of Topliss-reactive ketones (excluding diaryl/α,β-unsaturated/α-hetero) is 2. The number of esters is 1. The molecule has 0 amide bonds. The topological polar surface area (TPSA) is 139 Å². The molecule has 0 aromatic heterocycles. The van der Waals surface area contributed by atoms with Gasteiger partial charge in [-0.3, -0.25) is 9.59 Å². The maximum absolute atomic E-state index is 11.0. The summed E-state index contributed by atoms with van der Waals surface area (Å²) in [5, 5.41) is 0. The Morgan fingerprint density at radius 2 is 1.50 bits per heavy atom. The standard InChI is InChI=1S/C7H3BO10/c1-15-4(11)2(9)5(12)16-8-17-6(13)3(10)7(14)18-8/h1H3. The van der Waals surface area contributed by atoms with Crippen molar-refractivity contribution in [2.24, 2.45) is 0 Å². The van der Waals surface area contributed by atoms with E-state index in [1.807, 2.05) is 0 Å². The Bertz CT molecular complexity index is 445. The highest BCUT2D eigenvalue weighted by atomic mass is 16.8. The van der Waals surface area contributed by atoms with E-state index in [4.69, 9.17) is 0 Å². The van der Waals surface area contributed by atoms with Gasteiger partial charge in [0, 0.05) is 0 Å². The van der Waals surface area contributed by atoms with E-state index in [0.717, 1.165) is 7.11 Å². The van der Waals surface area contributed by atoms with E-state index >= 15 is 0 Å². The molecule has 0 aromatic carbocycles. The smallest absolute Gasteiger partial charge is 0.463 e. The summed E-state index contributed by atoms with van der Waals surface area (Å²) in [6.07, 6.45) is 0. The van der Waals surface area contributed by atoms with Crippen molar-refractivity contribution in [3.05, 3.63) is 0 Å².